The summed E-state index contributed by atoms with van der Waals surface area (Å²) in [6.45, 7) is 8.81. The highest BCUT2D eigenvalue weighted by atomic mass is 32.1. The number of rotatable bonds is 2. The highest BCUT2D eigenvalue weighted by Crippen LogP contribution is 2.39. The fraction of sp³-hybridized carbons (Fsp3) is 0.800. The third-order valence-electron chi connectivity index (χ3n) is 3.79. The van der Waals surface area contributed by atoms with Crippen molar-refractivity contribution < 1.29 is 9.53 Å². The molecule has 1 aromatic heterocycles. The number of carbonyl (C=O) groups is 1. The van der Waals surface area contributed by atoms with Crippen molar-refractivity contribution in [3.05, 3.63) is 5.82 Å². The zero-order chi connectivity index (χ0) is 15.7. The van der Waals surface area contributed by atoms with Crippen LogP contribution in [-0.2, 0) is 4.74 Å². The molecule has 2 heterocycles. The summed E-state index contributed by atoms with van der Waals surface area (Å²) in [4.78, 5) is 20.9. The summed E-state index contributed by atoms with van der Waals surface area (Å²) >= 11 is 1.48. The Balaban J connectivity index is 1.58. The number of aromatic nitrogens is 2. The summed E-state index contributed by atoms with van der Waals surface area (Å²) in [5.74, 6) is 1.60. The van der Waals surface area contributed by atoms with E-state index in [1.54, 1.807) is 4.90 Å². The first-order valence-corrected chi connectivity index (χ1v) is 8.76. The first-order valence-electron chi connectivity index (χ1n) is 7.99. The van der Waals surface area contributed by atoms with E-state index in [1.165, 1.54) is 24.4 Å². The van der Waals surface area contributed by atoms with E-state index in [4.69, 9.17) is 4.74 Å². The van der Waals surface area contributed by atoms with Crippen molar-refractivity contribution in [3.8, 4) is 0 Å². The van der Waals surface area contributed by atoms with Crippen molar-refractivity contribution in [1.29, 1.82) is 0 Å². The number of hydrogen-bond acceptors (Lipinski definition) is 6. The van der Waals surface area contributed by atoms with Gasteiger partial charge in [0.15, 0.2) is 0 Å². The van der Waals surface area contributed by atoms with Crippen LogP contribution in [0.5, 0.6) is 0 Å². The number of nitrogens with zero attached hydrogens (tertiary/aromatic N) is 4. The highest BCUT2D eigenvalue weighted by Gasteiger charge is 2.29. The summed E-state index contributed by atoms with van der Waals surface area (Å²) in [7, 11) is 0. The van der Waals surface area contributed by atoms with Gasteiger partial charge in [0.25, 0.3) is 0 Å². The van der Waals surface area contributed by atoms with E-state index in [9.17, 15) is 4.79 Å². The van der Waals surface area contributed by atoms with Crippen LogP contribution in [0, 0.1) is 0 Å². The van der Waals surface area contributed by atoms with Crippen molar-refractivity contribution in [2.24, 2.45) is 0 Å². The molecule has 1 amide bonds. The van der Waals surface area contributed by atoms with E-state index in [0.717, 1.165) is 37.0 Å². The minimum absolute atomic E-state index is 0.217. The van der Waals surface area contributed by atoms with Crippen LogP contribution in [-0.4, -0.2) is 52.1 Å². The molecule has 1 aromatic rings. The van der Waals surface area contributed by atoms with Gasteiger partial charge < -0.3 is 14.5 Å². The van der Waals surface area contributed by atoms with Crippen LogP contribution in [0.2, 0.25) is 0 Å². The molecule has 0 aromatic carbocycles. The molecule has 0 unspecified atom stereocenters. The molecule has 0 spiro atoms. The Labute approximate surface area is 135 Å². The van der Waals surface area contributed by atoms with E-state index >= 15 is 0 Å². The van der Waals surface area contributed by atoms with Gasteiger partial charge in [-0.15, -0.1) is 0 Å². The fourth-order valence-corrected chi connectivity index (χ4v) is 3.28. The van der Waals surface area contributed by atoms with Crippen LogP contribution < -0.4 is 4.90 Å². The Morgan fingerprint density at radius 2 is 2.00 bits per heavy atom. The largest absolute Gasteiger partial charge is 0.444 e. The Morgan fingerprint density at radius 3 is 2.68 bits per heavy atom. The van der Waals surface area contributed by atoms with Gasteiger partial charge >= 0.3 is 6.09 Å². The molecule has 7 heteroatoms. The maximum absolute atomic E-state index is 12.2. The Morgan fingerprint density at radius 1 is 1.23 bits per heavy atom. The van der Waals surface area contributed by atoms with Gasteiger partial charge in [-0.25, -0.2) is 9.78 Å². The molecular weight excluding hydrogens is 300 g/mol. The number of hydrogen-bond donors (Lipinski definition) is 0. The molecule has 2 fully saturated rings. The second kappa shape index (κ2) is 6.02. The first-order chi connectivity index (χ1) is 10.4. The second-order valence-electron chi connectivity index (χ2n) is 7.02. The monoisotopic (exact) mass is 324 g/mol. The first kappa shape index (κ1) is 15.5. The van der Waals surface area contributed by atoms with Gasteiger partial charge in [0.05, 0.1) is 0 Å². The van der Waals surface area contributed by atoms with Gasteiger partial charge in [0, 0.05) is 43.6 Å². The molecule has 6 nitrogen and oxygen atoms in total. The van der Waals surface area contributed by atoms with E-state index in [0.29, 0.717) is 12.5 Å². The third-order valence-corrected chi connectivity index (χ3v) is 4.58. The summed E-state index contributed by atoms with van der Waals surface area (Å²) in [5, 5.41) is 0.993. The van der Waals surface area contributed by atoms with Crippen molar-refractivity contribution in [1.82, 2.24) is 14.3 Å². The smallest absolute Gasteiger partial charge is 0.410 e. The van der Waals surface area contributed by atoms with Crippen LogP contribution >= 0.6 is 11.5 Å². The lowest BCUT2D eigenvalue weighted by molar-refractivity contribution is 0.0263. The molecule has 122 valence electrons. The fourth-order valence-electron chi connectivity index (χ4n) is 2.48. The zero-order valence-corrected chi connectivity index (χ0v) is 14.4. The van der Waals surface area contributed by atoms with Crippen molar-refractivity contribution in [2.75, 3.05) is 31.1 Å². The normalized spacial score (nSPS) is 20.0. The Hall–Kier alpha value is -1.37. The number of carbonyl (C=O) groups excluding carboxylic acids is 1. The van der Waals surface area contributed by atoms with Crippen LogP contribution in [0.1, 0.15) is 51.8 Å². The lowest BCUT2D eigenvalue weighted by Crippen LogP contribution is -2.39. The lowest BCUT2D eigenvalue weighted by atomic mass is 10.2. The van der Waals surface area contributed by atoms with Crippen LogP contribution in [0.4, 0.5) is 9.93 Å². The van der Waals surface area contributed by atoms with E-state index in [1.807, 2.05) is 20.8 Å². The maximum Gasteiger partial charge on any atom is 0.410 e. The predicted octanol–water partition coefficient (Wildman–Crippen LogP) is 2.86. The van der Waals surface area contributed by atoms with Crippen LogP contribution in [0.3, 0.4) is 0 Å². The standard InChI is InChI=1S/C15H24N4O2S/c1-15(2,3)21-14(20)19-8-4-7-18(9-10-19)13-16-12(17-22-13)11-5-6-11/h11H,4-10H2,1-3H3. The molecule has 1 saturated heterocycles. The Bertz CT molecular complexity index is 536. The van der Waals surface area contributed by atoms with Crippen molar-refractivity contribution in [2.45, 2.75) is 51.6 Å². The van der Waals surface area contributed by atoms with E-state index < -0.39 is 5.60 Å². The summed E-state index contributed by atoms with van der Waals surface area (Å²) in [6, 6.07) is 0. The van der Waals surface area contributed by atoms with Gasteiger partial charge in [-0.05, 0) is 40.0 Å². The molecule has 1 aliphatic carbocycles. The number of ether oxygens (including phenoxy) is 1. The van der Waals surface area contributed by atoms with E-state index in [-0.39, 0.29) is 6.09 Å². The molecule has 22 heavy (non-hydrogen) atoms. The number of anilines is 1. The van der Waals surface area contributed by atoms with Crippen LogP contribution in [0.25, 0.3) is 0 Å². The topological polar surface area (TPSA) is 58.6 Å². The van der Waals surface area contributed by atoms with Crippen LogP contribution in [0.15, 0.2) is 0 Å². The molecule has 0 atom stereocenters. The molecule has 1 aliphatic heterocycles. The van der Waals surface area contributed by atoms with Gasteiger partial charge in [-0.2, -0.15) is 4.37 Å². The molecule has 2 aliphatic rings. The average Bonchev–Trinajstić information content (AvgIpc) is 3.21. The maximum atomic E-state index is 12.2. The predicted molar refractivity (Wildman–Crippen MR) is 86.5 cm³/mol. The summed E-state index contributed by atoms with van der Waals surface area (Å²) < 4.78 is 9.93. The highest BCUT2D eigenvalue weighted by molar-refractivity contribution is 7.09. The summed E-state index contributed by atoms with van der Waals surface area (Å²) in [6.07, 6.45) is 3.16. The molecular formula is C15H24N4O2S. The second-order valence-corrected chi connectivity index (χ2v) is 7.75. The minimum Gasteiger partial charge on any atom is -0.444 e. The van der Waals surface area contributed by atoms with Gasteiger partial charge in [0.1, 0.15) is 11.4 Å². The number of amides is 1. The summed E-state index contributed by atoms with van der Waals surface area (Å²) in [5.41, 5.74) is -0.443. The van der Waals surface area contributed by atoms with Gasteiger partial charge in [-0.3, -0.25) is 0 Å². The molecule has 1 saturated carbocycles. The van der Waals surface area contributed by atoms with Crippen molar-refractivity contribution >= 4 is 22.8 Å². The minimum atomic E-state index is -0.443. The lowest BCUT2D eigenvalue weighted by Gasteiger charge is -2.26. The third kappa shape index (κ3) is 3.88. The Kier molecular flexibility index (Phi) is 4.25. The molecule has 0 bridgehead atoms. The van der Waals surface area contributed by atoms with Crippen molar-refractivity contribution in [3.63, 3.8) is 0 Å². The quantitative estimate of drug-likeness (QED) is 0.837. The zero-order valence-electron chi connectivity index (χ0n) is 13.5. The molecule has 3 rings (SSSR count). The molecule has 0 radical (unpaired) electrons. The SMILES string of the molecule is CC(C)(C)OC(=O)N1CCCN(c2nc(C3CC3)ns2)CC1. The van der Waals surface area contributed by atoms with Gasteiger partial charge in [0.2, 0.25) is 5.13 Å². The molecule has 0 N–H and O–H groups in total. The van der Waals surface area contributed by atoms with Gasteiger partial charge in [-0.1, -0.05) is 0 Å². The average molecular weight is 324 g/mol. The van der Waals surface area contributed by atoms with E-state index in [2.05, 4.69) is 14.3 Å².